The highest BCUT2D eigenvalue weighted by Crippen LogP contribution is 2.09. The zero-order chi connectivity index (χ0) is 16.5. The summed E-state index contributed by atoms with van der Waals surface area (Å²) in [6.45, 7) is 2.06. The molecule has 0 rings (SSSR count). The van der Waals surface area contributed by atoms with Crippen LogP contribution in [0.4, 0.5) is 0 Å². The first-order chi connectivity index (χ1) is 10.7. The Labute approximate surface area is 134 Å². The van der Waals surface area contributed by atoms with Crippen molar-refractivity contribution in [3.8, 4) is 0 Å². The predicted molar refractivity (Wildman–Crippen MR) is 89.6 cm³/mol. The van der Waals surface area contributed by atoms with E-state index in [2.05, 4.69) is 24.0 Å². The fourth-order valence-electron chi connectivity index (χ4n) is 2.01. The van der Waals surface area contributed by atoms with E-state index in [9.17, 15) is 4.79 Å². The van der Waals surface area contributed by atoms with Crippen molar-refractivity contribution in [2.45, 2.75) is 71.1 Å². The third-order valence-electron chi connectivity index (χ3n) is 3.25. The number of aliphatic carboxylic acids is 1. The smallest absolute Gasteiger partial charge is 0.303 e. The fraction of sp³-hybridized carbons (Fsp3) is 0.611. The van der Waals surface area contributed by atoms with Gasteiger partial charge in [0.1, 0.15) is 5.76 Å². The van der Waals surface area contributed by atoms with Crippen molar-refractivity contribution in [1.29, 1.82) is 0 Å². The molecule has 4 heteroatoms. The third-order valence-corrected chi connectivity index (χ3v) is 3.25. The Morgan fingerprint density at radius 2 is 1.73 bits per heavy atom. The Morgan fingerprint density at radius 3 is 2.41 bits per heavy atom. The van der Waals surface area contributed by atoms with Gasteiger partial charge in [-0.2, -0.15) is 0 Å². The topological polar surface area (TPSA) is 66.8 Å². The van der Waals surface area contributed by atoms with E-state index in [0.29, 0.717) is 12.2 Å². The van der Waals surface area contributed by atoms with Gasteiger partial charge in [-0.25, -0.2) is 5.26 Å². The van der Waals surface area contributed by atoms with Crippen LogP contribution in [0.3, 0.4) is 0 Å². The Hall–Kier alpha value is -1.55. The van der Waals surface area contributed by atoms with Crippen molar-refractivity contribution in [3.05, 3.63) is 36.1 Å². The first-order valence-electron chi connectivity index (χ1n) is 8.23. The van der Waals surface area contributed by atoms with Gasteiger partial charge in [-0.05, 0) is 38.2 Å². The molecule has 0 saturated carbocycles. The molecule has 0 spiro atoms. The largest absolute Gasteiger partial charge is 0.481 e. The molecule has 0 aliphatic heterocycles. The van der Waals surface area contributed by atoms with E-state index < -0.39 is 5.97 Å². The number of unbranched alkanes of at least 4 members (excludes halogenated alkanes) is 5. The summed E-state index contributed by atoms with van der Waals surface area (Å²) in [6, 6.07) is 0. The maximum Gasteiger partial charge on any atom is 0.303 e. The van der Waals surface area contributed by atoms with Crippen LogP contribution >= 0.6 is 0 Å². The maximum absolute atomic E-state index is 10.3. The maximum atomic E-state index is 10.3. The quantitative estimate of drug-likeness (QED) is 0.147. The molecule has 0 bridgehead atoms. The van der Waals surface area contributed by atoms with Crippen molar-refractivity contribution in [2.75, 3.05) is 0 Å². The van der Waals surface area contributed by atoms with Gasteiger partial charge in [0.15, 0.2) is 0 Å². The Kier molecular flexibility index (Phi) is 14.7. The molecule has 0 aromatic rings. The van der Waals surface area contributed by atoms with E-state index in [0.717, 1.165) is 51.4 Å². The van der Waals surface area contributed by atoms with Crippen LogP contribution in [0.25, 0.3) is 0 Å². The molecule has 0 radical (unpaired) electrons. The second-order valence-electron chi connectivity index (χ2n) is 5.25. The van der Waals surface area contributed by atoms with E-state index in [1.165, 1.54) is 0 Å². The zero-order valence-corrected chi connectivity index (χ0v) is 13.7. The molecule has 4 nitrogen and oxygen atoms in total. The molecular weight excluding hydrogens is 280 g/mol. The van der Waals surface area contributed by atoms with Gasteiger partial charge < -0.3 is 9.99 Å². The molecule has 0 unspecified atom stereocenters. The van der Waals surface area contributed by atoms with Crippen LogP contribution < -0.4 is 0 Å². The third kappa shape index (κ3) is 14.9. The first-order valence-corrected chi connectivity index (χ1v) is 8.23. The lowest BCUT2D eigenvalue weighted by Gasteiger charge is -1.99. The summed E-state index contributed by atoms with van der Waals surface area (Å²) >= 11 is 0. The van der Waals surface area contributed by atoms with Crippen LogP contribution in [-0.4, -0.2) is 16.3 Å². The lowest BCUT2D eigenvalue weighted by molar-refractivity contribution is -0.204. The van der Waals surface area contributed by atoms with Gasteiger partial charge in [-0.3, -0.25) is 4.79 Å². The van der Waals surface area contributed by atoms with Crippen molar-refractivity contribution in [3.63, 3.8) is 0 Å². The number of carbonyl (C=O) groups is 1. The number of rotatable bonds is 14. The second-order valence-corrected chi connectivity index (χ2v) is 5.25. The molecule has 126 valence electrons. The van der Waals surface area contributed by atoms with E-state index in [4.69, 9.17) is 10.4 Å². The van der Waals surface area contributed by atoms with Crippen molar-refractivity contribution in [2.24, 2.45) is 0 Å². The molecule has 0 aliphatic rings. The number of allylic oxidation sites excluding steroid dienone is 5. The first kappa shape index (κ1) is 20.5. The lowest BCUT2D eigenvalue weighted by atomic mass is 10.1. The molecule has 0 fully saturated rings. The minimum absolute atomic E-state index is 0.287. The molecule has 0 aliphatic carbocycles. The van der Waals surface area contributed by atoms with Crippen LogP contribution in [0.5, 0.6) is 0 Å². The van der Waals surface area contributed by atoms with E-state index in [-0.39, 0.29) is 6.42 Å². The van der Waals surface area contributed by atoms with Crippen LogP contribution in [0.15, 0.2) is 36.1 Å². The van der Waals surface area contributed by atoms with E-state index in [1.807, 2.05) is 18.2 Å². The van der Waals surface area contributed by atoms with Gasteiger partial charge in [0, 0.05) is 12.8 Å². The highest BCUT2D eigenvalue weighted by atomic mass is 17.1. The average molecular weight is 310 g/mol. The second kappa shape index (κ2) is 15.8. The molecule has 0 aromatic carbocycles. The zero-order valence-electron chi connectivity index (χ0n) is 13.7. The van der Waals surface area contributed by atoms with Crippen LogP contribution in [0.1, 0.15) is 71.1 Å². The Morgan fingerprint density at radius 1 is 1.00 bits per heavy atom. The molecule has 0 atom stereocenters. The summed E-state index contributed by atoms with van der Waals surface area (Å²) in [6.07, 6.45) is 19.0. The van der Waals surface area contributed by atoms with Gasteiger partial charge in [-0.1, -0.05) is 50.5 Å². The minimum Gasteiger partial charge on any atom is -0.481 e. The van der Waals surface area contributed by atoms with Crippen LogP contribution in [0, 0.1) is 0 Å². The highest BCUT2D eigenvalue weighted by molar-refractivity contribution is 5.66. The lowest BCUT2D eigenvalue weighted by Crippen LogP contribution is -1.93. The SMILES string of the molecule is CC/C=C\C/C(=C\C/C=C\CCCCCCCC(=O)O)OO. The van der Waals surface area contributed by atoms with Crippen molar-refractivity contribution in [1.82, 2.24) is 0 Å². The van der Waals surface area contributed by atoms with Gasteiger partial charge >= 0.3 is 5.97 Å². The predicted octanol–water partition coefficient (Wildman–Crippen LogP) is 5.48. The van der Waals surface area contributed by atoms with Crippen LogP contribution in [0.2, 0.25) is 0 Å². The van der Waals surface area contributed by atoms with Crippen molar-refractivity contribution >= 4 is 5.97 Å². The summed E-state index contributed by atoms with van der Waals surface area (Å²) in [4.78, 5) is 14.7. The summed E-state index contributed by atoms with van der Waals surface area (Å²) in [5.74, 6) is -0.125. The van der Waals surface area contributed by atoms with E-state index in [1.54, 1.807) is 0 Å². The Balaban J connectivity index is 3.56. The summed E-state index contributed by atoms with van der Waals surface area (Å²) in [5, 5.41) is 17.3. The van der Waals surface area contributed by atoms with Gasteiger partial charge in [-0.15, -0.1) is 0 Å². The van der Waals surface area contributed by atoms with Gasteiger partial charge in [0.25, 0.3) is 0 Å². The monoisotopic (exact) mass is 310 g/mol. The minimum atomic E-state index is -0.701. The van der Waals surface area contributed by atoms with Gasteiger partial charge in [0.05, 0.1) is 0 Å². The number of carboxylic acid groups (broad SMARTS) is 1. The summed E-state index contributed by atoms with van der Waals surface area (Å²) in [7, 11) is 0. The van der Waals surface area contributed by atoms with Crippen molar-refractivity contribution < 1.29 is 20.0 Å². The number of hydrogen-bond donors (Lipinski definition) is 2. The molecule has 0 aromatic heterocycles. The molecule has 2 N–H and O–H groups in total. The molecule has 0 amide bonds. The van der Waals surface area contributed by atoms with Gasteiger partial charge in [0.2, 0.25) is 0 Å². The normalized spacial score (nSPS) is 12.4. The molecule has 0 saturated heterocycles. The average Bonchev–Trinajstić information content (AvgIpc) is 2.50. The standard InChI is InChI=1S/C18H30O4/c1-2-3-11-14-17(22-21)15-12-9-7-5-4-6-8-10-13-16-18(19)20/h3,7,9,11,15,21H,2,4-6,8,10,12-14,16H2,1H3,(H,19,20)/b9-7-,11-3-,17-15+. The molecule has 22 heavy (non-hydrogen) atoms. The molecular formula is C18H30O4. The number of carboxylic acids is 1. The summed E-state index contributed by atoms with van der Waals surface area (Å²) < 4.78 is 0. The van der Waals surface area contributed by atoms with Crippen LogP contribution in [-0.2, 0) is 9.68 Å². The highest BCUT2D eigenvalue weighted by Gasteiger charge is 1.96. The molecule has 0 heterocycles. The fourth-order valence-corrected chi connectivity index (χ4v) is 2.01. The Bertz CT molecular complexity index is 356. The van der Waals surface area contributed by atoms with E-state index >= 15 is 0 Å². The summed E-state index contributed by atoms with van der Waals surface area (Å²) in [5.41, 5.74) is 0. The number of hydrogen-bond acceptors (Lipinski definition) is 3.